The first-order valence-corrected chi connectivity index (χ1v) is 13.5. The van der Waals surface area contributed by atoms with Crippen molar-refractivity contribution in [2.45, 2.75) is 57.7 Å². The molecule has 37 heavy (non-hydrogen) atoms. The Labute approximate surface area is 236 Å². The number of carbonyl (C=O) groups is 2. The van der Waals surface area contributed by atoms with Crippen molar-refractivity contribution in [3.63, 3.8) is 0 Å². The molecule has 1 aliphatic heterocycles. The zero-order valence-electron chi connectivity index (χ0n) is 20.5. The molecule has 1 atom stereocenters. The number of hydroxylamine groups is 2. The number of hydrogen-bond donors (Lipinski definition) is 2. The van der Waals surface area contributed by atoms with Crippen molar-refractivity contribution in [3.8, 4) is 0 Å². The highest BCUT2D eigenvalue weighted by Crippen LogP contribution is 2.40. The highest BCUT2D eigenvalue weighted by atomic mass is 35.5. The van der Waals surface area contributed by atoms with E-state index in [2.05, 4.69) is 11.4 Å². The molecule has 1 heterocycles. The van der Waals surface area contributed by atoms with Gasteiger partial charge in [-0.15, -0.1) is 0 Å². The van der Waals surface area contributed by atoms with E-state index in [0.29, 0.717) is 33.0 Å². The van der Waals surface area contributed by atoms with Crippen LogP contribution < -0.4 is 10.2 Å². The summed E-state index contributed by atoms with van der Waals surface area (Å²) in [6.07, 6.45) is 6.26. The van der Waals surface area contributed by atoms with Gasteiger partial charge in [-0.05, 0) is 82.3 Å². The summed E-state index contributed by atoms with van der Waals surface area (Å²) >= 11 is 24.4. The number of hydrogen-bond acceptors (Lipinski definition) is 3. The van der Waals surface area contributed by atoms with Crippen molar-refractivity contribution in [1.82, 2.24) is 9.96 Å². The van der Waals surface area contributed by atoms with E-state index in [1.807, 2.05) is 13.8 Å². The quantitative estimate of drug-likeness (QED) is 0.203. The maximum Gasteiger partial charge on any atom is 0.347 e. The molecule has 0 spiro atoms. The minimum atomic E-state index is -1.08. The van der Waals surface area contributed by atoms with Crippen LogP contribution in [0.25, 0.3) is 0 Å². The molecule has 4 amide bonds. The molecule has 1 saturated heterocycles. The Morgan fingerprint density at radius 1 is 1.05 bits per heavy atom. The predicted octanol–water partition coefficient (Wildman–Crippen LogP) is 8.46. The monoisotopic (exact) mass is 584 g/mol. The van der Waals surface area contributed by atoms with Crippen LogP contribution in [0.5, 0.6) is 0 Å². The molecular weight excluding hydrogens is 558 g/mol. The van der Waals surface area contributed by atoms with Gasteiger partial charge in [0.15, 0.2) is 6.17 Å². The van der Waals surface area contributed by atoms with E-state index in [1.165, 1.54) is 29.0 Å². The standard InChI is InChI=1S/C26H28Cl4N4O3/c1-26(2)23(34(37)24(35)31-17-8-10-19(27)21(29)14-17)33(18-9-11-20(28)22(30)15-18)25(36)32(26)13-12-16-6-4-3-5-7-16/h6,8-11,14-15,23,37H,3-5,7,12-13H2,1-2H3,(H,31,35)/t23-/m1/s1. The molecule has 0 saturated carbocycles. The summed E-state index contributed by atoms with van der Waals surface area (Å²) in [6, 6.07) is 8.12. The van der Waals surface area contributed by atoms with Crippen LogP contribution >= 0.6 is 46.4 Å². The van der Waals surface area contributed by atoms with E-state index in [9.17, 15) is 14.8 Å². The average molecular weight is 586 g/mol. The Bertz CT molecular complexity index is 1240. The fourth-order valence-electron chi connectivity index (χ4n) is 4.87. The van der Waals surface area contributed by atoms with Crippen LogP contribution in [-0.4, -0.2) is 45.5 Å². The molecule has 198 valence electrons. The summed E-state index contributed by atoms with van der Waals surface area (Å²) in [4.78, 5) is 30.1. The molecular formula is C26H28Cl4N4O3. The molecule has 4 rings (SSSR count). The van der Waals surface area contributed by atoms with E-state index in [4.69, 9.17) is 46.4 Å². The molecule has 2 aromatic rings. The van der Waals surface area contributed by atoms with Gasteiger partial charge in [-0.2, -0.15) is 5.06 Å². The van der Waals surface area contributed by atoms with Gasteiger partial charge in [0.05, 0.1) is 25.6 Å². The lowest BCUT2D eigenvalue weighted by atomic mass is 9.95. The lowest BCUT2D eigenvalue weighted by Crippen LogP contribution is -2.58. The van der Waals surface area contributed by atoms with E-state index in [0.717, 1.165) is 25.7 Å². The number of allylic oxidation sites excluding steroid dienone is 1. The van der Waals surface area contributed by atoms with Gasteiger partial charge in [0.2, 0.25) is 0 Å². The number of nitrogens with one attached hydrogen (secondary N) is 1. The van der Waals surface area contributed by atoms with Crippen LogP contribution in [0.4, 0.5) is 21.0 Å². The minimum absolute atomic E-state index is 0.249. The Hall–Kier alpha value is -2.16. The second-order valence-corrected chi connectivity index (χ2v) is 11.3. The average Bonchev–Trinajstić information content (AvgIpc) is 3.06. The van der Waals surface area contributed by atoms with Gasteiger partial charge in [-0.1, -0.05) is 58.1 Å². The number of anilines is 2. The van der Waals surface area contributed by atoms with Crippen LogP contribution in [0.15, 0.2) is 48.0 Å². The molecule has 2 N–H and O–H groups in total. The summed E-state index contributed by atoms with van der Waals surface area (Å²) in [7, 11) is 0. The second-order valence-electron chi connectivity index (χ2n) is 9.69. The van der Waals surface area contributed by atoms with Gasteiger partial charge in [-0.25, -0.2) is 9.59 Å². The molecule has 1 aliphatic carbocycles. The van der Waals surface area contributed by atoms with Gasteiger partial charge in [-0.3, -0.25) is 10.1 Å². The molecule has 11 heteroatoms. The first-order valence-electron chi connectivity index (χ1n) is 12.0. The third kappa shape index (κ3) is 5.81. The molecule has 2 aliphatic rings. The van der Waals surface area contributed by atoms with E-state index in [-0.39, 0.29) is 16.1 Å². The topological polar surface area (TPSA) is 76.1 Å². The summed E-state index contributed by atoms with van der Waals surface area (Å²) in [6.45, 7) is 4.07. The van der Waals surface area contributed by atoms with Crippen molar-refractivity contribution in [2.24, 2.45) is 0 Å². The van der Waals surface area contributed by atoms with Crippen LogP contribution in [0.3, 0.4) is 0 Å². The van der Waals surface area contributed by atoms with Crippen LogP contribution in [0.2, 0.25) is 20.1 Å². The predicted molar refractivity (Wildman–Crippen MR) is 149 cm³/mol. The normalized spacial score (nSPS) is 19.2. The lowest BCUT2D eigenvalue weighted by molar-refractivity contribution is -0.0947. The lowest BCUT2D eigenvalue weighted by Gasteiger charge is -2.38. The highest BCUT2D eigenvalue weighted by molar-refractivity contribution is 6.42. The molecule has 0 aromatic heterocycles. The largest absolute Gasteiger partial charge is 0.347 e. The second kappa shape index (κ2) is 11.3. The third-order valence-corrected chi connectivity index (χ3v) is 8.32. The smallest absolute Gasteiger partial charge is 0.315 e. The number of urea groups is 2. The zero-order valence-corrected chi connectivity index (χ0v) is 23.5. The first kappa shape index (κ1) is 27.9. The van der Waals surface area contributed by atoms with Crippen molar-refractivity contribution < 1.29 is 14.8 Å². The fraction of sp³-hybridized carbons (Fsp3) is 0.385. The molecule has 0 bridgehead atoms. The molecule has 0 radical (unpaired) electrons. The number of rotatable bonds is 6. The van der Waals surface area contributed by atoms with Gasteiger partial charge < -0.3 is 10.2 Å². The van der Waals surface area contributed by atoms with Crippen molar-refractivity contribution in [3.05, 3.63) is 68.1 Å². The van der Waals surface area contributed by atoms with Crippen molar-refractivity contribution in [2.75, 3.05) is 16.8 Å². The maximum absolute atomic E-state index is 13.8. The van der Waals surface area contributed by atoms with Crippen molar-refractivity contribution >= 4 is 69.8 Å². The van der Waals surface area contributed by atoms with Crippen LogP contribution in [-0.2, 0) is 0 Å². The first-order chi connectivity index (χ1) is 17.5. The van der Waals surface area contributed by atoms with Gasteiger partial charge in [0.25, 0.3) is 0 Å². The highest BCUT2D eigenvalue weighted by Gasteiger charge is 2.56. The summed E-state index contributed by atoms with van der Waals surface area (Å²) in [5.41, 5.74) is 1.08. The Morgan fingerprint density at radius 3 is 2.35 bits per heavy atom. The van der Waals surface area contributed by atoms with Gasteiger partial charge in [0, 0.05) is 17.9 Å². The minimum Gasteiger partial charge on any atom is -0.315 e. The fourth-order valence-corrected chi connectivity index (χ4v) is 5.46. The zero-order chi connectivity index (χ0) is 26.9. The molecule has 0 unspecified atom stereocenters. The summed E-state index contributed by atoms with van der Waals surface area (Å²) in [5, 5.41) is 15.5. The van der Waals surface area contributed by atoms with E-state index in [1.54, 1.807) is 29.2 Å². The van der Waals surface area contributed by atoms with Gasteiger partial charge in [0.1, 0.15) is 0 Å². The third-order valence-electron chi connectivity index (χ3n) is 6.84. The summed E-state index contributed by atoms with van der Waals surface area (Å²) in [5.74, 6) is 0. The number of nitrogens with zero attached hydrogens (tertiary/aromatic N) is 3. The van der Waals surface area contributed by atoms with Gasteiger partial charge >= 0.3 is 12.1 Å². The van der Waals surface area contributed by atoms with E-state index >= 15 is 0 Å². The molecule has 2 aromatic carbocycles. The Balaban J connectivity index is 1.66. The number of amides is 4. The van der Waals surface area contributed by atoms with E-state index < -0.39 is 17.7 Å². The Kier molecular flexibility index (Phi) is 8.51. The number of carbonyl (C=O) groups excluding carboxylic acids is 2. The maximum atomic E-state index is 13.8. The molecule has 1 fully saturated rings. The molecule has 7 nitrogen and oxygen atoms in total. The van der Waals surface area contributed by atoms with Crippen molar-refractivity contribution in [1.29, 1.82) is 0 Å². The van der Waals surface area contributed by atoms with Crippen LogP contribution in [0, 0.1) is 0 Å². The number of benzene rings is 2. The Morgan fingerprint density at radius 2 is 1.73 bits per heavy atom. The van der Waals surface area contributed by atoms with Crippen LogP contribution in [0.1, 0.15) is 46.0 Å². The summed E-state index contributed by atoms with van der Waals surface area (Å²) < 4.78 is 0. The SMILES string of the molecule is CC1(C)[C@@H](N(O)C(=O)Nc2ccc(Cl)c(Cl)c2)N(c2ccc(Cl)c(Cl)c2)C(=O)N1CCC1=CCCCC1. The number of halogens is 4.